The highest BCUT2D eigenvalue weighted by Crippen LogP contribution is 2.33. The van der Waals surface area contributed by atoms with Gasteiger partial charge in [0, 0.05) is 19.6 Å². The van der Waals surface area contributed by atoms with Crippen LogP contribution in [-0.2, 0) is 9.59 Å². The van der Waals surface area contributed by atoms with E-state index in [4.69, 9.17) is 4.74 Å². The second kappa shape index (κ2) is 7.00. The maximum absolute atomic E-state index is 12.7. The van der Waals surface area contributed by atoms with E-state index in [1.807, 2.05) is 34.1 Å². The zero-order valence-corrected chi connectivity index (χ0v) is 13.5. The summed E-state index contributed by atoms with van der Waals surface area (Å²) in [6.07, 6.45) is 1.98. The molecule has 0 saturated carbocycles. The SMILES string of the molecule is COc1cccc([C@@H]2CCCN2C(=O)CN2CCNC(=O)C2)c1. The predicted octanol–water partition coefficient (Wildman–Crippen LogP) is 0.791. The first-order valence-electron chi connectivity index (χ1n) is 8.10. The van der Waals surface area contributed by atoms with Crippen molar-refractivity contribution >= 4 is 11.8 Å². The van der Waals surface area contributed by atoms with Crippen LogP contribution in [0, 0.1) is 0 Å². The number of carbonyl (C=O) groups excluding carboxylic acids is 2. The molecule has 1 N–H and O–H groups in total. The maximum atomic E-state index is 12.7. The lowest BCUT2D eigenvalue weighted by Gasteiger charge is -2.30. The second-order valence-electron chi connectivity index (χ2n) is 6.08. The number of ether oxygens (including phenoxy) is 1. The first-order chi connectivity index (χ1) is 11.2. The Morgan fingerprint density at radius 2 is 2.26 bits per heavy atom. The van der Waals surface area contributed by atoms with E-state index in [1.165, 1.54) is 0 Å². The average Bonchev–Trinajstić information content (AvgIpc) is 3.05. The number of benzene rings is 1. The Labute approximate surface area is 136 Å². The van der Waals surface area contributed by atoms with Crippen LogP contribution in [0.15, 0.2) is 24.3 Å². The van der Waals surface area contributed by atoms with E-state index < -0.39 is 0 Å². The summed E-state index contributed by atoms with van der Waals surface area (Å²) in [5.41, 5.74) is 1.12. The number of hydrogen-bond acceptors (Lipinski definition) is 4. The molecule has 0 bridgehead atoms. The molecule has 3 rings (SSSR count). The normalized spacial score (nSPS) is 22.0. The van der Waals surface area contributed by atoms with Gasteiger partial charge in [-0.2, -0.15) is 0 Å². The standard InChI is InChI=1S/C17H23N3O3/c1-23-14-5-2-4-13(10-14)15-6-3-8-20(15)17(22)12-19-9-7-18-16(21)11-19/h2,4-5,10,15H,3,6-9,11-12H2,1H3,(H,18,21)/t15-/m0/s1. The van der Waals surface area contributed by atoms with Gasteiger partial charge in [0.2, 0.25) is 11.8 Å². The van der Waals surface area contributed by atoms with Gasteiger partial charge in [-0.05, 0) is 30.5 Å². The average molecular weight is 317 g/mol. The highest BCUT2D eigenvalue weighted by atomic mass is 16.5. The fourth-order valence-corrected chi connectivity index (χ4v) is 3.37. The molecule has 2 aliphatic heterocycles. The monoisotopic (exact) mass is 317 g/mol. The van der Waals surface area contributed by atoms with E-state index in [9.17, 15) is 9.59 Å². The predicted molar refractivity (Wildman–Crippen MR) is 86.1 cm³/mol. The Hall–Kier alpha value is -2.08. The van der Waals surface area contributed by atoms with Gasteiger partial charge in [-0.15, -0.1) is 0 Å². The molecular weight excluding hydrogens is 294 g/mol. The Kier molecular flexibility index (Phi) is 4.81. The maximum Gasteiger partial charge on any atom is 0.237 e. The molecule has 1 aromatic rings. The van der Waals surface area contributed by atoms with Crippen molar-refractivity contribution in [3.63, 3.8) is 0 Å². The molecule has 6 heteroatoms. The summed E-state index contributed by atoms with van der Waals surface area (Å²) in [4.78, 5) is 28.0. The number of nitrogens with one attached hydrogen (secondary N) is 1. The van der Waals surface area contributed by atoms with Crippen molar-refractivity contribution in [3.05, 3.63) is 29.8 Å². The number of methoxy groups -OCH3 is 1. The summed E-state index contributed by atoms with van der Waals surface area (Å²) in [7, 11) is 1.65. The van der Waals surface area contributed by atoms with Crippen LogP contribution in [-0.4, -0.2) is 61.4 Å². The highest BCUT2D eigenvalue weighted by Gasteiger charge is 2.31. The molecule has 1 aromatic carbocycles. The molecular formula is C17H23N3O3. The van der Waals surface area contributed by atoms with Crippen LogP contribution in [0.3, 0.4) is 0 Å². The molecule has 2 saturated heterocycles. The van der Waals surface area contributed by atoms with Gasteiger partial charge >= 0.3 is 0 Å². The van der Waals surface area contributed by atoms with Crippen molar-refractivity contribution in [2.45, 2.75) is 18.9 Å². The second-order valence-corrected chi connectivity index (χ2v) is 6.08. The van der Waals surface area contributed by atoms with Crippen molar-refractivity contribution in [1.82, 2.24) is 15.1 Å². The van der Waals surface area contributed by atoms with Gasteiger partial charge in [-0.3, -0.25) is 14.5 Å². The quantitative estimate of drug-likeness (QED) is 0.892. The highest BCUT2D eigenvalue weighted by molar-refractivity contribution is 5.82. The van der Waals surface area contributed by atoms with E-state index in [-0.39, 0.29) is 17.9 Å². The number of piperazine rings is 1. The van der Waals surface area contributed by atoms with E-state index in [0.717, 1.165) is 37.2 Å². The van der Waals surface area contributed by atoms with Crippen LogP contribution in [0.1, 0.15) is 24.4 Å². The van der Waals surface area contributed by atoms with Gasteiger partial charge in [0.25, 0.3) is 0 Å². The van der Waals surface area contributed by atoms with Gasteiger partial charge in [0.1, 0.15) is 5.75 Å². The Bertz CT molecular complexity index is 590. The molecule has 0 aromatic heterocycles. The summed E-state index contributed by atoms with van der Waals surface area (Å²) >= 11 is 0. The van der Waals surface area contributed by atoms with Crippen LogP contribution in [0.2, 0.25) is 0 Å². The number of hydrogen-bond donors (Lipinski definition) is 1. The first-order valence-corrected chi connectivity index (χ1v) is 8.10. The minimum absolute atomic E-state index is 0.00480. The molecule has 2 amide bonds. The topological polar surface area (TPSA) is 61.9 Å². The van der Waals surface area contributed by atoms with Crippen LogP contribution in [0.5, 0.6) is 5.75 Å². The fourth-order valence-electron chi connectivity index (χ4n) is 3.37. The zero-order chi connectivity index (χ0) is 16.2. The molecule has 6 nitrogen and oxygen atoms in total. The minimum Gasteiger partial charge on any atom is -0.497 e. The van der Waals surface area contributed by atoms with Crippen molar-refractivity contribution in [2.24, 2.45) is 0 Å². The van der Waals surface area contributed by atoms with Crippen LogP contribution in [0.4, 0.5) is 0 Å². The third kappa shape index (κ3) is 3.64. The Morgan fingerprint density at radius 1 is 1.39 bits per heavy atom. The molecule has 2 aliphatic rings. The summed E-state index contributed by atoms with van der Waals surface area (Å²) in [6, 6.07) is 8.04. The smallest absolute Gasteiger partial charge is 0.237 e. The van der Waals surface area contributed by atoms with Crippen LogP contribution >= 0.6 is 0 Å². The van der Waals surface area contributed by atoms with Crippen molar-refractivity contribution in [3.8, 4) is 5.75 Å². The summed E-state index contributed by atoms with van der Waals surface area (Å²) in [6.45, 7) is 2.75. The van der Waals surface area contributed by atoms with Gasteiger partial charge in [-0.25, -0.2) is 0 Å². The fraction of sp³-hybridized carbons (Fsp3) is 0.529. The third-order valence-corrected chi connectivity index (χ3v) is 4.53. The number of nitrogens with zero attached hydrogens (tertiary/aromatic N) is 2. The van der Waals surface area contributed by atoms with E-state index in [1.54, 1.807) is 7.11 Å². The summed E-state index contributed by atoms with van der Waals surface area (Å²) in [5.74, 6) is 0.911. The molecule has 1 atom stereocenters. The first kappa shape index (κ1) is 15.8. The Balaban J connectivity index is 1.68. The van der Waals surface area contributed by atoms with Gasteiger partial charge in [0.15, 0.2) is 0 Å². The zero-order valence-electron chi connectivity index (χ0n) is 13.5. The molecule has 23 heavy (non-hydrogen) atoms. The molecule has 0 spiro atoms. The molecule has 2 heterocycles. The van der Waals surface area contributed by atoms with Crippen LogP contribution < -0.4 is 10.1 Å². The lowest BCUT2D eigenvalue weighted by Crippen LogP contribution is -2.51. The molecule has 124 valence electrons. The lowest BCUT2D eigenvalue weighted by atomic mass is 10.0. The van der Waals surface area contributed by atoms with Crippen molar-refractivity contribution < 1.29 is 14.3 Å². The van der Waals surface area contributed by atoms with Gasteiger partial charge in [0.05, 0.1) is 26.2 Å². The van der Waals surface area contributed by atoms with Gasteiger partial charge < -0.3 is 15.0 Å². The summed E-state index contributed by atoms with van der Waals surface area (Å²) < 4.78 is 5.29. The number of rotatable bonds is 4. The number of amides is 2. The lowest BCUT2D eigenvalue weighted by molar-refractivity contribution is -0.134. The van der Waals surface area contributed by atoms with Crippen LogP contribution in [0.25, 0.3) is 0 Å². The minimum atomic E-state index is -0.00480. The van der Waals surface area contributed by atoms with E-state index in [2.05, 4.69) is 5.32 Å². The van der Waals surface area contributed by atoms with E-state index in [0.29, 0.717) is 19.6 Å². The van der Waals surface area contributed by atoms with Crippen molar-refractivity contribution in [2.75, 3.05) is 39.8 Å². The largest absolute Gasteiger partial charge is 0.497 e. The molecule has 0 radical (unpaired) electrons. The molecule has 0 unspecified atom stereocenters. The molecule has 0 aliphatic carbocycles. The Morgan fingerprint density at radius 3 is 3.04 bits per heavy atom. The number of carbonyl (C=O) groups is 2. The number of likely N-dealkylation sites (tertiary alicyclic amines) is 1. The van der Waals surface area contributed by atoms with Crippen molar-refractivity contribution in [1.29, 1.82) is 0 Å². The molecule has 2 fully saturated rings. The third-order valence-electron chi connectivity index (χ3n) is 4.53. The van der Waals surface area contributed by atoms with E-state index >= 15 is 0 Å². The van der Waals surface area contributed by atoms with Gasteiger partial charge in [-0.1, -0.05) is 12.1 Å². The summed E-state index contributed by atoms with van der Waals surface area (Å²) in [5, 5.41) is 2.78.